The SMILES string of the molecule is COc1ccccc1-c1nnc(S[C@H](C)C(=O)Nc2ccc(C(C)=O)cc2)n1C. The van der Waals surface area contributed by atoms with E-state index in [-0.39, 0.29) is 11.7 Å². The smallest absolute Gasteiger partial charge is 0.237 e. The largest absolute Gasteiger partial charge is 0.496 e. The molecule has 29 heavy (non-hydrogen) atoms. The fraction of sp³-hybridized carbons (Fsp3) is 0.238. The van der Waals surface area contributed by atoms with Crippen molar-refractivity contribution in [3.05, 3.63) is 54.1 Å². The highest BCUT2D eigenvalue weighted by atomic mass is 32.2. The van der Waals surface area contributed by atoms with Crippen molar-refractivity contribution in [2.24, 2.45) is 7.05 Å². The van der Waals surface area contributed by atoms with Gasteiger partial charge in [-0.3, -0.25) is 9.59 Å². The van der Waals surface area contributed by atoms with Crippen LogP contribution in [0.3, 0.4) is 0 Å². The number of Topliss-reactive ketones (excluding diaryl/α,β-unsaturated/α-hetero) is 1. The predicted octanol–water partition coefficient (Wildman–Crippen LogP) is 3.81. The third kappa shape index (κ3) is 4.65. The van der Waals surface area contributed by atoms with Crippen LogP contribution in [0.15, 0.2) is 53.7 Å². The number of ketones is 1. The van der Waals surface area contributed by atoms with E-state index in [0.717, 1.165) is 5.56 Å². The van der Waals surface area contributed by atoms with Gasteiger partial charge in [-0.05, 0) is 50.2 Å². The Morgan fingerprint density at radius 2 is 1.79 bits per heavy atom. The Kier molecular flexibility index (Phi) is 6.33. The molecular weight excluding hydrogens is 388 g/mol. The van der Waals surface area contributed by atoms with Gasteiger partial charge in [-0.15, -0.1) is 10.2 Å². The molecular formula is C21H22N4O3S. The van der Waals surface area contributed by atoms with Crippen LogP contribution in [0.4, 0.5) is 5.69 Å². The van der Waals surface area contributed by atoms with Gasteiger partial charge in [-0.2, -0.15) is 0 Å². The predicted molar refractivity (Wildman–Crippen MR) is 113 cm³/mol. The van der Waals surface area contributed by atoms with Crippen LogP contribution < -0.4 is 10.1 Å². The number of hydrogen-bond donors (Lipinski definition) is 1. The summed E-state index contributed by atoms with van der Waals surface area (Å²) >= 11 is 1.32. The highest BCUT2D eigenvalue weighted by Gasteiger charge is 2.20. The van der Waals surface area contributed by atoms with Crippen molar-refractivity contribution in [2.45, 2.75) is 24.3 Å². The van der Waals surface area contributed by atoms with E-state index < -0.39 is 5.25 Å². The third-order valence-corrected chi connectivity index (χ3v) is 5.53. The van der Waals surface area contributed by atoms with Crippen molar-refractivity contribution < 1.29 is 14.3 Å². The number of rotatable bonds is 7. The number of anilines is 1. The van der Waals surface area contributed by atoms with Gasteiger partial charge in [0.05, 0.1) is 17.9 Å². The van der Waals surface area contributed by atoms with E-state index in [2.05, 4.69) is 15.5 Å². The molecule has 1 amide bonds. The van der Waals surface area contributed by atoms with Gasteiger partial charge < -0.3 is 14.6 Å². The number of nitrogens with zero attached hydrogens (tertiary/aromatic N) is 3. The number of carbonyl (C=O) groups excluding carboxylic acids is 2. The molecule has 0 aliphatic rings. The van der Waals surface area contributed by atoms with Crippen molar-refractivity contribution >= 4 is 29.1 Å². The summed E-state index contributed by atoms with van der Waals surface area (Å²) in [4.78, 5) is 23.9. The molecule has 0 saturated heterocycles. The van der Waals surface area contributed by atoms with E-state index >= 15 is 0 Å². The normalized spacial score (nSPS) is 11.7. The Hall–Kier alpha value is -3.13. The number of ether oxygens (including phenoxy) is 1. The van der Waals surface area contributed by atoms with Gasteiger partial charge in [0.2, 0.25) is 5.91 Å². The first-order chi connectivity index (χ1) is 13.9. The Morgan fingerprint density at radius 1 is 1.10 bits per heavy atom. The molecule has 8 heteroatoms. The minimum atomic E-state index is -0.393. The summed E-state index contributed by atoms with van der Waals surface area (Å²) in [6.07, 6.45) is 0. The lowest BCUT2D eigenvalue weighted by molar-refractivity contribution is -0.115. The molecule has 0 spiro atoms. The fourth-order valence-corrected chi connectivity index (χ4v) is 3.54. The van der Waals surface area contributed by atoms with Crippen molar-refractivity contribution in [3.8, 4) is 17.1 Å². The van der Waals surface area contributed by atoms with Crippen LogP contribution in [0.5, 0.6) is 5.75 Å². The number of nitrogens with one attached hydrogen (secondary N) is 1. The molecule has 0 aliphatic carbocycles. The number of amides is 1. The fourth-order valence-electron chi connectivity index (χ4n) is 2.73. The quantitative estimate of drug-likeness (QED) is 0.471. The van der Waals surface area contributed by atoms with Gasteiger partial charge in [0.1, 0.15) is 5.75 Å². The van der Waals surface area contributed by atoms with E-state index in [9.17, 15) is 9.59 Å². The third-order valence-electron chi connectivity index (χ3n) is 4.39. The second-order valence-electron chi connectivity index (χ2n) is 6.45. The molecule has 0 fully saturated rings. The molecule has 1 N–H and O–H groups in total. The molecule has 0 unspecified atom stereocenters. The lowest BCUT2D eigenvalue weighted by atomic mass is 10.1. The second-order valence-corrected chi connectivity index (χ2v) is 7.76. The number of thioether (sulfide) groups is 1. The molecule has 1 heterocycles. The minimum Gasteiger partial charge on any atom is -0.496 e. The minimum absolute atomic E-state index is 0.0140. The Morgan fingerprint density at radius 3 is 2.45 bits per heavy atom. The molecule has 2 aromatic carbocycles. The number of benzene rings is 2. The molecule has 150 valence electrons. The molecule has 0 bridgehead atoms. The van der Waals surface area contributed by atoms with Crippen LogP contribution in [-0.4, -0.2) is 38.8 Å². The highest BCUT2D eigenvalue weighted by Crippen LogP contribution is 2.31. The van der Waals surface area contributed by atoms with E-state index in [1.807, 2.05) is 35.9 Å². The lowest BCUT2D eigenvalue weighted by Crippen LogP contribution is -2.22. The van der Waals surface area contributed by atoms with Crippen LogP contribution >= 0.6 is 11.8 Å². The molecule has 3 rings (SSSR count). The first kappa shape index (κ1) is 20.6. The van der Waals surface area contributed by atoms with E-state index in [4.69, 9.17) is 4.74 Å². The van der Waals surface area contributed by atoms with Crippen LogP contribution in [-0.2, 0) is 11.8 Å². The number of hydrogen-bond acceptors (Lipinski definition) is 6. The zero-order valence-electron chi connectivity index (χ0n) is 16.7. The van der Waals surface area contributed by atoms with Crippen LogP contribution in [0.2, 0.25) is 0 Å². The van der Waals surface area contributed by atoms with Crippen molar-refractivity contribution in [3.63, 3.8) is 0 Å². The Balaban J connectivity index is 1.70. The monoisotopic (exact) mass is 410 g/mol. The second kappa shape index (κ2) is 8.91. The summed E-state index contributed by atoms with van der Waals surface area (Å²) in [5, 5.41) is 11.6. The van der Waals surface area contributed by atoms with Gasteiger partial charge in [-0.25, -0.2) is 0 Å². The average molecular weight is 410 g/mol. The zero-order valence-corrected chi connectivity index (χ0v) is 17.5. The summed E-state index contributed by atoms with van der Waals surface area (Å²) in [6, 6.07) is 14.4. The molecule has 0 radical (unpaired) electrons. The maximum Gasteiger partial charge on any atom is 0.237 e. The zero-order chi connectivity index (χ0) is 21.0. The average Bonchev–Trinajstić information content (AvgIpc) is 3.08. The maximum atomic E-state index is 12.5. The molecule has 1 atom stereocenters. The Bertz CT molecular complexity index is 1030. The first-order valence-corrected chi connectivity index (χ1v) is 9.90. The summed E-state index contributed by atoms with van der Waals surface area (Å²) in [7, 11) is 3.47. The molecule has 7 nitrogen and oxygen atoms in total. The Labute approximate surface area is 173 Å². The van der Waals surface area contributed by atoms with E-state index in [1.165, 1.54) is 18.7 Å². The van der Waals surface area contributed by atoms with Crippen molar-refractivity contribution in [2.75, 3.05) is 12.4 Å². The molecule has 0 aliphatic heterocycles. The lowest BCUT2D eigenvalue weighted by Gasteiger charge is -2.12. The van der Waals surface area contributed by atoms with Gasteiger partial charge in [0, 0.05) is 18.3 Å². The molecule has 1 aromatic heterocycles. The number of methoxy groups -OCH3 is 1. The first-order valence-electron chi connectivity index (χ1n) is 9.02. The molecule has 0 saturated carbocycles. The van der Waals surface area contributed by atoms with Gasteiger partial charge in [-0.1, -0.05) is 23.9 Å². The van der Waals surface area contributed by atoms with Crippen LogP contribution in [0.25, 0.3) is 11.4 Å². The summed E-state index contributed by atoms with van der Waals surface area (Å²) in [5.41, 5.74) is 2.08. The van der Waals surface area contributed by atoms with Crippen LogP contribution in [0, 0.1) is 0 Å². The van der Waals surface area contributed by atoms with E-state index in [1.54, 1.807) is 38.3 Å². The van der Waals surface area contributed by atoms with E-state index in [0.29, 0.717) is 28.0 Å². The highest BCUT2D eigenvalue weighted by molar-refractivity contribution is 8.00. The number of carbonyl (C=O) groups is 2. The number of para-hydroxylation sites is 1. The topological polar surface area (TPSA) is 86.1 Å². The summed E-state index contributed by atoms with van der Waals surface area (Å²) in [6.45, 7) is 3.31. The van der Waals surface area contributed by atoms with Gasteiger partial charge >= 0.3 is 0 Å². The summed E-state index contributed by atoms with van der Waals surface area (Å²) in [5.74, 6) is 1.20. The standard InChI is InChI=1S/C21H22N4O3S/c1-13(26)15-9-11-16(12-10-15)22-20(27)14(2)29-21-24-23-19(25(21)3)17-7-5-6-8-18(17)28-4/h5-12,14H,1-4H3,(H,22,27)/t14-/m1/s1. The van der Waals surface area contributed by atoms with Gasteiger partial charge in [0.15, 0.2) is 16.8 Å². The maximum absolute atomic E-state index is 12.5. The van der Waals surface area contributed by atoms with Crippen molar-refractivity contribution in [1.29, 1.82) is 0 Å². The molecule has 3 aromatic rings. The van der Waals surface area contributed by atoms with Gasteiger partial charge in [0.25, 0.3) is 0 Å². The number of aromatic nitrogens is 3. The summed E-state index contributed by atoms with van der Waals surface area (Å²) < 4.78 is 7.24. The van der Waals surface area contributed by atoms with Crippen LogP contribution in [0.1, 0.15) is 24.2 Å². The van der Waals surface area contributed by atoms with Crippen molar-refractivity contribution in [1.82, 2.24) is 14.8 Å².